The van der Waals surface area contributed by atoms with Gasteiger partial charge < -0.3 is 15.5 Å². The molecule has 2 aliphatic heterocycles. The number of anilines is 2. The minimum Gasteiger partial charge on any atom is -0.399 e. The van der Waals surface area contributed by atoms with Crippen LogP contribution in [0.15, 0.2) is 42.7 Å². The third-order valence-electron chi connectivity index (χ3n) is 6.22. The number of aromatic nitrogens is 1. The van der Waals surface area contributed by atoms with Gasteiger partial charge in [-0.2, -0.15) is 0 Å². The van der Waals surface area contributed by atoms with Crippen molar-refractivity contribution in [3.05, 3.63) is 42.7 Å². The van der Waals surface area contributed by atoms with Crippen LogP contribution < -0.4 is 10.6 Å². The molecule has 0 amide bonds. The number of likely N-dealkylation sites (tertiary alicyclic amines) is 1. The first kappa shape index (κ1) is 16.4. The summed E-state index contributed by atoms with van der Waals surface area (Å²) in [7, 11) is 2.25. The van der Waals surface area contributed by atoms with E-state index in [9.17, 15) is 0 Å². The molecule has 2 aromatic rings. The predicted octanol–water partition coefficient (Wildman–Crippen LogP) is 3.64. The Morgan fingerprint density at radius 3 is 2.24 bits per heavy atom. The SMILES string of the molecule is CN1CCC2(CC1)CCN(c1ccc(N)cc1-c1ccncc1)CC2. The first-order chi connectivity index (χ1) is 12.2. The highest BCUT2D eigenvalue weighted by Gasteiger charge is 2.37. The lowest BCUT2D eigenvalue weighted by Crippen LogP contribution is -2.46. The summed E-state index contributed by atoms with van der Waals surface area (Å²) < 4.78 is 0. The molecule has 132 valence electrons. The molecule has 1 spiro atoms. The van der Waals surface area contributed by atoms with Crippen LogP contribution >= 0.6 is 0 Å². The van der Waals surface area contributed by atoms with Gasteiger partial charge in [-0.1, -0.05) is 0 Å². The summed E-state index contributed by atoms with van der Waals surface area (Å²) in [4.78, 5) is 9.18. The lowest BCUT2D eigenvalue weighted by molar-refractivity contribution is 0.0945. The maximum atomic E-state index is 6.08. The fourth-order valence-electron chi connectivity index (χ4n) is 4.41. The van der Waals surface area contributed by atoms with E-state index in [1.807, 2.05) is 18.5 Å². The van der Waals surface area contributed by atoms with Gasteiger partial charge in [0.15, 0.2) is 0 Å². The van der Waals surface area contributed by atoms with Crippen LogP contribution in [-0.2, 0) is 0 Å². The van der Waals surface area contributed by atoms with Crippen LogP contribution in [0.5, 0.6) is 0 Å². The molecule has 0 saturated carbocycles. The van der Waals surface area contributed by atoms with Crippen LogP contribution in [0.4, 0.5) is 11.4 Å². The van der Waals surface area contributed by atoms with Gasteiger partial charge in [0.2, 0.25) is 0 Å². The summed E-state index contributed by atoms with van der Waals surface area (Å²) in [6, 6.07) is 10.5. The highest BCUT2D eigenvalue weighted by atomic mass is 15.1. The minimum atomic E-state index is 0.577. The topological polar surface area (TPSA) is 45.4 Å². The molecule has 0 radical (unpaired) electrons. The van der Waals surface area contributed by atoms with Crippen molar-refractivity contribution in [1.29, 1.82) is 0 Å². The van der Waals surface area contributed by atoms with Gasteiger partial charge in [-0.05, 0) is 87.1 Å². The Morgan fingerprint density at radius 2 is 1.56 bits per heavy atom. The molecular formula is C21H28N4. The van der Waals surface area contributed by atoms with Crippen molar-refractivity contribution >= 4 is 11.4 Å². The Kier molecular flexibility index (Phi) is 4.38. The van der Waals surface area contributed by atoms with Gasteiger partial charge in [-0.15, -0.1) is 0 Å². The minimum absolute atomic E-state index is 0.577. The van der Waals surface area contributed by atoms with E-state index in [2.05, 4.69) is 46.1 Å². The van der Waals surface area contributed by atoms with Gasteiger partial charge in [0.25, 0.3) is 0 Å². The highest BCUT2D eigenvalue weighted by molar-refractivity contribution is 5.81. The van der Waals surface area contributed by atoms with Crippen LogP contribution in [0.2, 0.25) is 0 Å². The quantitative estimate of drug-likeness (QED) is 0.851. The van der Waals surface area contributed by atoms with Gasteiger partial charge in [0.05, 0.1) is 0 Å². The van der Waals surface area contributed by atoms with E-state index >= 15 is 0 Å². The summed E-state index contributed by atoms with van der Waals surface area (Å²) in [5.41, 5.74) is 11.2. The zero-order chi connectivity index (χ0) is 17.3. The van der Waals surface area contributed by atoms with Crippen molar-refractivity contribution in [3.63, 3.8) is 0 Å². The van der Waals surface area contributed by atoms with E-state index in [1.165, 1.54) is 55.6 Å². The number of rotatable bonds is 2. The highest BCUT2D eigenvalue weighted by Crippen LogP contribution is 2.43. The average Bonchev–Trinajstić information content (AvgIpc) is 2.66. The average molecular weight is 336 g/mol. The summed E-state index contributed by atoms with van der Waals surface area (Å²) in [5, 5.41) is 0. The molecule has 0 atom stereocenters. The van der Waals surface area contributed by atoms with Crippen molar-refractivity contribution < 1.29 is 0 Å². The molecule has 2 aliphatic rings. The van der Waals surface area contributed by atoms with Crippen LogP contribution in [-0.4, -0.2) is 43.1 Å². The fourth-order valence-corrected chi connectivity index (χ4v) is 4.41. The van der Waals surface area contributed by atoms with Crippen LogP contribution in [0.3, 0.4) is 0 Å². The molecule has 1 aromatic carbocycles. The van der Waals surface area contributed by atoms with Gasteiger partial charge >= 0.3 is 0 Å². The van der Waals surface area contributed by atoms with Crippen molar-refractivity contribution in [1.82, 2.24) is 9.88 Å². The van der Waals surface area contributed by atoms with Gasteiger partial charge in [0, 0.05) is 42.4 Å². The number of nitrogen functional groups attached to an aromatic ring is 1. The number of nitrogens with zero attached hydrogens (tertiary/aromatic N) is 3. The lowest BCUT2D eigenvalue weighted by atomic mass is 9.71. The Labute approximate surface area is 150 Å². The fraction of sp³-hybridized carbons (Fsp3) is 0.476. The van der Waals surface area contributed by atoms with Gasteiger partial charge in [-0.3, -0.25) is 4.98 Å². The number of piperidine rings is 2. The first-order valence-electron chi connectivity index (χ1n) is 9.39. The Bertz CT molecular complexity index is 710. The zero-order valence-corrected chi connectivity index (χ0v) is 15.1. The Hall–Kier alpha value is -2.07. The molecular weight excluding hydrogens is 308 g/mol. The van der Waals surface area contributed by atoms with E-state index < -0.39 is 0 Å². The normalized spacial score (nSPS) is 20.8. The second kappa shape index (κ2) is 6.68. The second-order valence-corrected chi connectivity index (χ2v) is 7.80. The molecule has 4 rings (SSSR count). The molecule has 0 bridgehead atoms. The largest absolute Gasteiger partial charge is 0.399 e. The van der Waals surface area contributed by atoms with E-state index in [-0.39, 0.29) is 0 Å². The predicted molar refractivity (Wildman–Crippen MR) is 105 cm³/mol. The molecule has 0 unspecified atom stereocenters. The molecule has 1 aromatic heterocycles. The zero-order valence-electron chi connectivity index (χ0n) is 15.1. The number of hydrogen-bond acceptors (Lipinski definition) is 4. The molecule has 0 aliphatic carbocycles. The number of nitrogens with two attached hydrogens (primary N) is 1. The summed E-state index contributed by atoms with van der Waals surface area (Å²) in [6.45, 7) is 4.80. The van der Waals surface area contributed by atoms with E-state index in [0.717, 1.165) is 18.8 Å². The third kappa shape index (κ3) is 3.36. The van der Waals surface area contributed by atoms with E-state index in [4.69, 9.17) is 5.73 Å². The van der Waals surface area contributed by atoms with Crippen LogP contribution in [0.25, 0.3) is 11.1 Å². The van der Waals surface area contributed by atoms with Crippen molar-refractivity contribution in [2.45, 2.75) is 25.7 Å². The first-order valence-corrected chi connectivity index (χ1v) is 9.39. The van der Waals surface area contributed by atoms with Crippen molar-refractivity contribution in [2.24, 2.45) is 5.41 Å². The number of benzene rings is 1. The van der Waals surface area contributed by atoms with E-state index in [1.54, 1.807) is 0 Å². The van der Waals surface area contributed by atoms with Gasteiger partial charge in [-0.25, -0.2) is 0 Å². The lowest BCUT2D eigenvalue weighted by Gasteiger charge is -2.47. The molecule has 2 N–H and O–H groups in total. The third-order valence-corrected chi connectivity index (χ3v) is 6.22. The molecule has 4 nitrogen and oxygen atoms in total. The number of pyridine rings is 1. The monoisotopic (exact) mass is 336 g/mol. The molecule has 2 saturated heterocycles. The standard InChI is InChI=1S/C21H28N4/c1-24-12-6-21(7-13-24)8-14-25(15-9-21)20-3-2-18(22)16-19(20)17-4-10-23-11-5-17/h2-5,10-11,16H,6-9,12-15,22H2,1H3. The Morgan fingerprint density at radius 1 is 0.920 bits per heavy atom. The van der Waals surface area contributed by atoms with Crippen molar-refractivity contribution in [3.8, 4) is 11.1 Å². The summed E-state index contributed by atoms with van der Waals surface area (Å²) in [6.07, 6.45) is 9.03. The molecule has 2 fully saturated rings. The molecule has 4 heteroatoms. The smallest absolute Gasteiger partial charge is 0.0447 e. The molecule has 25 heavy (non-hydrogen) atoms. The van der Waals surface area contributed by atoms with Crippen LogP contribution in [0, 0.1) is 5.41 Å². The van der Waals surface area contributed by atoms with Crippen molar-refractivity contribution in [2.75, 3.05) is 43.9 Å². The summed E-state index contributed by atoms with van der Waals surface area (Å²) in [5.74, 6) is 0. The summed E-state index contributed by atoms with van der Waals surface area (Å²) >= 11 is 0. The molecule has 3 heterocycles. The van der Waals surface area contributed by atoms with E-state index in [0.29, 0.717) is 5.41 Å². The maximum absolute atomic E-state index is 6.08. The number of hydrogen-bond donors (Lipinski definition) is 1. The maximum Gasteiger partial charge on any atom is 0.0447 e. The Balaban J connectivity index is 1.56. The van der Waals surface area contributed by atoms with Gasteiger partial charge in [0.1, 0.15) is 0 Å². The second-order valence-electron chi connectivity index (χ2n) is 7.80. The van der Waals surface area contributed by atoms with Crippen LogP contribution in [0.1, 0.15) is 25.7 Å².